The predicted molar refractivity (Wildman–Crippen MR) is 79.3 cm³/mol. The first-order valence-electron chi connectivity index (χ1n) is 6.31. The van der Waals surface area contributed by atoms with Crippen molar-refractivity contribution in [1.29, 1.82) is 5.26 Å². The van der Waals surface area contributed by atoms with Crippen LogP contribution < -0.4 is 9.47 Å². The van der Waals surface area contributed by atoms with Gasteiger partial charge >= 0.3 is 0 Å². The van der Waals surface area contributed by atoms with E-state index in [1.54, 1.807) is 25.6 Å². The standard InChI is InChI=1S/C15H16N2O2S/c1-4-11-14(7-8-16)20-15(17-11)10-5-6-12(18-2)13(9-10)19-3/h5-6,9H,4,7H2,1-3H3. The molecule has 0 saturated carbocycles. The Bertz CT molecular complexity index is 644. The molecule has 0 bridgehead atoms. The highest BCUT2D eigenvalue weighted by Crippen LogP contribution is 2.35. The Morgan fingerprint density at radius 1 is 1.25 bits per heavy atom. The van der Waals surface area contributed by atoms with Crippen molar-refractivity contribution in [3.05, 3.63) is 28.8 Å². The van der Waals surface area contributed by atoms with E-state index in [9.17, 15) is 0 Å². The lowest BCUT2D eigenvalue weighted by Gasteiger charge is -2.08. The Labute approximate surface area is 122 Å². The number of aromatic nitrogens is 1. The average molecular weight is 288 g/mol. The van der Waals surface area contributed by atoms with Crippen LogP contribution in [0, 0.1) is 11.3 Å². The van der Waals surface area contributed by atoms with Crippen molar-refractivity contribution < 1.29 is 9.47 Å². The summed E-state index contributed by atoms with van der Waals surface area (Å²) in [6, 6.07) is 7.92. The molecule has 0 N–H and O–H groups in total. The van der Waals surface area contributed by atoms with Crippen LogP contribution in [0.4, 0.5) is 0 Å². The van der Waals surface area contributed by atoms with Crippen LogP contribution in [-0.4, -0.2) is 19.2 Å². The van der Waals surface area contributed by atoms with Gasteiger partial charge in [0.1, 0.15) is 5.01 Å². The Hall–Kier alpha value is -2.06. The second kappa shape index (κ2) is 6.40. The molecule has 1 heterocycles. The Morgan fingerprint density at radius 3 is 2.60 bits per heavy atom. The molecule has 5 heteroatoms. The van der Waals surface area contributed by atoms with Gasteiger partial charge in [-0.25, -0.2) is 4.98 Å². The average Bonchev–Trinajstić information content (AvgIpc) is 2.90. The minimum atomic E-state index is 0.411. The maximum Gasteiger partial charge on any atom is 0.161 e. The molecule has 104 valence electrons. The molecule has 0 unspecified atom stereocenters. The van der Waals surface area contributed by atoms with E-state index in [2.05, 4.69) is 11.1 Å². The summed E-state index contributed by atoms with van der Waals surface area (Å²) < 4.78 is 10.5. The quantitative estimate of drug-likeness (QED) is 0.845. The minimum Gasteiger partial charge on any atom is -0.493 e. The summed E-state index contributed by atoms with van der Waals surface area (Å²) in [4.78, 5) is 5.66. The first kappa shape index (κ1) is 14.4. The molecule has 1 aromatic carbocycles. The monoisotopic (exact) mass is 288 g/mol. The minimum absolute atomic E-state index is 0.411. The van der Waals surface area contributed by atoms with E-state index in [4.69, 9.17) is 14.7 Å². The topological polar surface area (TPSA) is 55.1 Å². The van der Waals surface area contributed by atoms with Gasteiger partial charge in [-0.1, -0.05) is 6.92 Å². The molecule has 4 nitrogen and oxygen atoms in total. The zero-order valence-corrected chi connectivity index (χ0v) is 12.6. The molecule has 0 aliphatic heterocycles. The molecular formula is C15H16N2O2S. The second-order valence-corrected chi connectivity index (χ2v) is 5.23. The number of nitriles is 1. The Balaban J connectivity index is 2.43. The molecule has 0 aliphatic rings. The third-order valence-electron chi connectivity index (χ3n) is 2.98. The number of hydrogen-bond donors (Lipinski definition) is 0. The first-order valence-corrected chi connectivity index (χ1v) is 7.13. The van der Waals surface area contributed by atoms with Gasteiger partial charge in [0, 0.05) is 10.4 Å². The van der Waals surface area contributed by atoms with E-state index >= 15 is 0 Å². The molecule has 20 heavy (non-hydrogen) atoms. The lowest BCUT2D eigenvalue weighted by molar-refractivity contribution is 0.355. The second-order valence-electron chi connectivity index (χ2n) is 4.15. The van der Waals surface area contributed by atoms with Gasteiger partial charge in [0.25, 0.3) is 0 Å². The summed E-state index contributed by atoms with van der Waals surface area (Å²) in [6.45, 7) is 2.05. The third kappa shape index (κ3) is 2.75. The highest BCUT2D eigenvalue weighted by Gasteiger charge is 2.13. The van der Waals surface area contributed by atoms with Crippen LogP contribution in [0.2, 0.25) is 0 Å². The van der Waals surface area contributed by atoms with Crippen LogP contribution in [0.25, 0.3) is 10.6 Å². The van der Waals surface area contributed by atoms with Crippen LogP contribution >= 0.6 is 11.3 Å². The largest absolute Gasteiger partial charge is 0.493 e. The fourth-order valence-electron chi connectivity index (χ4n) is 1.96. The van der Waals surface area contributed by atoms with Gasteiger partial charge in [0.2, 0.25) is 0 Å². The summed E-state index contributed by atoms with van der Waals surface area (Å²) in [6.07, 6.45) is 1.24. The Morgan fingerprint density at radius 2 is 2.00 bits per heavy atom. The van der Waals surface area contributed by atoms with Gasteiger partial charge in [0.05, 0.1) is 32.4 Å². The molecular weight excluding hydrogens is 272 g/mol. The van der Waals surface area contributed by atoms with E-state index in [0.29, 0.717) is 17.9 Å². The van der Waals surface area contributed by atoms with E-state index in [-0.39, 0.29) is 0 Å². The smallest absolute Gasteiger partial charge is 0.161 e. The fourth-order valence-corrected chi connectivity index (χ4v) is 3.04. The van der Waals surface area contributed by atoms with E-state index in [1.165, 1.54) is 0 Å². The van der Waals surface area contributed by atoms with Crippen molar-refractivity contribution in [2.75, 3.05) is 14.2 Å². The normalized spacial score (nSPS) is 10.1. The molecule has 0 amide bonds. The number of methoxy groups -OCH3 is 2. The maximum absolute atomic E-state index is 8.86. The Kier molecular flexibility index (Phi) is 4.59. The van der Waals surface area contributed by atoms with E-state index in [1.807, 2.05) is 25.1 Å². The molecule has 0 fully saturated rings. The van der Waals surface area contributed by atoms with Crippen molar-refractivity contribution >= 4 is 11.3 Å². The van der Waals surface area contributed by atoms with Gasteiger partial charge < -0.3 is 9.47 Å². The zero-order chi connectivity index (χ0) is 14.5. The fraction of sp³-hybridized carbons (Fsp3) is 0.333. The highest BCUT2D eigenvalue weighted by molar-refractivity contribution is 7.15. The number of benzene rings is 1. The van der Waals surface area contributed by atoms with E-state index < -0.39 is 0 Å². The number of rotatable bonds is 5. The molecule has 0 atom stereocenters. The van der Waals surface area contributed by atoms with Gasteiger partial charge in [-0.15, -0.1) is 11.3 Å². The van der Waals surface area contributed by atoms with Crippen molar-refractivity contribution in [3.63, 3.8) is 0 Å². The summed E-state index contributed by atoms with van der Waals surface area (Å²) in [5.74, 6) is 1.38. The summed E-state index contributed by atoms with van der Waals surface area (Å²) >= 11 is 1.56. The molecule has 0 aliphatic carbocycles. The van der Waals surface area contributed by atoms with Crippen molar-refractivity contribution in [3.8, 4) is 28.1 Å². The lowest BCUT2D eigenvalue weighted by atomic mass is 10.2. The molecule has 2 aromatic rings. The summed E-state index contributed by atoms with van der Waals surface area (Å²) in [7, 11) is 3.23. The maximum atomic E-state index is 8.86. The highest BCUT2D eigenvalue weighted by atomic mass is 32.1. The molecule has 2 rings (SSSR count). The van der Waals surface area contributed by atoms with E-state index in [0.717, 1.165) is 27.6 Å². The van der Waals surface area contributed by atoms with Crippen LogP contribution in [0.15, 0.2) is 18.2 Å². The summed E-state index contributed by atoms with van der Waals surface area (Å²) in [5.41, 5.74) is 1.98. The summed E-state index contributed by atoms with van der Waals surface area (Å²) in [5, 5.41) is 9.77. The van der Waals surface area contributed by atoms with Crippen LogP contribution in [0.1, 0.15) is 17.5 Å². The van der Waals surface area contributed by atoms with Gasteiger partial charge in [0.15, 0.2) is 11.5 Å². The SMILES string of the molecule is CCc1nc(-c2ccc(OC)c(OC)c2)sc1CC#N. The van der Waals surface area contributed by atoms with Crippen molar-refractivity contribution in [2.45, 2.75) is 19.8 Å². The molecule has 0 spiro atoms. The number of ether oxygens (including phenoxy) is 2. The lowest BCUT2D eigenvalue weighted by Crippen LogP contribution is -1.91. The number of aryl methyl sites for hydroxylation is 1. The van der Waals surface area contributed by atoms with Crippen molar-refractivity contribution in [1.82, 2.24) is 4.98 Å². The number of thiazole rings is 1. The molecule has 0 radical (unpaired) electrons. The predicted octanol–water partition coefficient (Wildman–Crippen LogP) is 3.46. The number of hydrogen-bond acceptors (Lipinski definition) is 5. The molecule has 1 aromatic heterocycles. The van der Waals surface area contributed by atoms with Crippen LogP contribution in [0.3, 0.4) is 0 Å². The van der Waals surface area contributed by atoms with Crippen LogP contribution in [0.5, 0.6) is 11.5 Å². The van der Waals surface area contributed by atoms with Crippen LogP contribution in [-0.2, 0) is 12.8 Å². The van der Waals surface area contributed by atoms with Gasteiger partial charge in [-0.05, 0) is 24.6 Å². The first-order chi connectivity index (χ1) is 9.73. The van der Waals surface area contributed by atoms with Gasteiger partial charge in [-0.2, -0.15) is 5.26 Å². The van der Waals surface area contributed by atoms with Crippen molar-refractivity contribution in [2.24, 2.45) is 0 Å². The molecule has 0 saturated heterocycles. The van der Waals surface area contributed by atoms with Gasteiger partial charge in [-0.3, -0.25) is 0 Å². The number of nitrogens with zero attached hydrogens (tertiary/aromatic N) is 2. The third-order valence-corrected chi connectivity index (χ3v) is 4.13. The zero-order valence-electron chi connectivity index (χ0n) is 11.8.